The molecule has 1 aliphatic heterocycles. The third-order valence-electron chi connectivity index (χ3n) is 3.35. The summed E-state index contributed by atoms with van der Waals surface area (Å²) in [5.74, 6) is 1.03. The molecule has 0 radical (unpaired) electrons. The zero-order valence-corrected chi connectivity index (χ0v) is 12.8. The molecule has 0 aliphatic carbocycles. The van der Waals surface area contributed by atoms with Crippen molar-refractivity contribution in [2.45, 2.75) is 43.7 Å². The molecule has 1 unspecified atom stereocenters. The zero-order valence-electron chi connectivity index (χ0n) is 11.9. The van der Waals surface area contributed by atoms with E-state index in [-0.39, 0.29) is 11.0 Å². The minimum atomic E-state index is -3.51. The van der Waals surface area contributed by atoms with Crippen LogP contribution in [0.25, 0.3) is 0 Å². The molecule has 0 spiro atoms. The lowest BCUT2D eigenvalue weighted by Crippen LogP contribution is -2.27. The fraction of sp³-hybridized carbons (Fsp3) is 0.692. The Labute approximate surface area is 119 Å². The second-order valence-corrected chi connectivity index (χ2v) is 6.72. The lowest BCUT2D eigenvalue weighted by molar-refractivity contribution is 0.105. The normalized spacial score (nSPS) is 19.6. The number of sulfonamides is 1. The molecule has 1 saturated heterocycles. The Hall–Kier alpha value is -0.890. The van der Waals surface area contributed by atoms with E-state index in [1.165, 1.54) is 0 Å². The van der Waals surface area contributed by atoms with Gasteiger partial charge in [0.1, 0.15) is 16.4 Å². The van der Waals surface area contributed by atoms with E-state index in [4.69, 9.17) is 9.15 Å². The summed E-state index contributed by atoms with van der Waals surface area (Å²) in [5.41, 5.74) is 0. The topological polar surface area (TPSA) is 80.6 Å². The van der Waals surface area contributed by atoms with Crippen molar-refractivity contribution in [1.29, 1.82) is 0 Å². The average Bonchev–Trinajstić information content (AvgIpc) is 2.99. The van der Waals surface area contributed by atoms with Crippen LogP contribution in [0.2, 0.25) is 0 Å². The first kappa shape index (κ1) is 15.5. The SMILES string of the molecule is CNCc1cc(S(=O)(=O)NCCC2CCCO2)c(C)o1. The van der Waals surface area contributed by atoms with E-state index in [1.807, 2.05) is 0 Å². The van der Waals surface area contributed by atoms with E-state index in [2.05, 4.69) is 10.0 Å². The number of hydrogen-bond donors (Lipinski definition) is 2. The van der Waals surface area contributed by atoms with Crippen LogP contribution in [0, 0.1) is 6.92 Å². The van der Waals surface area contributed by atoms with Gasteiger partial charge in [0, 0.05) is 19.2 Å². The van der Waals surface area contributed by atoms with Gasteiger partial charge in [0.15, 0.2) is 0 Å². The number of ether oxygens (including phenoxy) is 1. The Morgan fingerprint density at radius 2 is 2.25 bits per heavy atom. The highest BCUT2D eigenvalue weighted by atomic mass is 32.2. The molecule has 1 aliphatic rings. The fourth-order valence-corrected chi connectivity index (χ4v) is 3.61. The molecule has 0 bridgehead atoms. The number of nitrogens with one attached hydrogen (secondary N) is 2. The molecular formula is C13H22N2O4S. The molecule has 1 atom stereocenters. The van der Waals surface area contributed by atoms with Gasteiger partial charge in [-0.05, 0) is 33.2 Å². The summed E-state index contributed by atoms with van der Waals surface area (Å²) in [4.78, 5) is 0.218. The molecule has 7 heteroatoms. The standard InChI is InChI=1S/C13H22N2O4S/c1-10-13(8-12(19-10)9-14-2)20(16,17)15-6-5-11-4-3-7-18-11/h8,11,14-15H,3-7,9H2,1-2H3. The van der Waals surface area contributed by atoms with Gasteiger partial charge in [-0.25, -0.2) is 13.1 Å². The lowest BCUT2D eigenvalue weighted by atomic mass is 10.2. The molecule has 2 N–H and O–H groups in total. The summed E-state index contributed by atoms with van der Waals surface area (Å²) in [5, 5.41) is 2.93. The predicted molar refractivity (Wildman–Crippen MR) is 75.0 cm³/mol. The Morgan fingerprint density at radius 1 is 1.45 bits per heavy atom. The molecule has 2 rings (SSSR count). The first-order valence-corrected chi connectivity index (χ1v) is 8.36. The molecule has 0 aromatic carbocycles. The number of aryl methyl sites for hydroxylation is 1. The quantitative estimate of drug-likeness (QED) is 0.790. The Bertz CT molecular complexity index is 533. The molecule has 1 aromatic rings. The highest BCUT2D eigenvalue weighted by molar-refractivity contribution is 7.89. The van der Waals surface area contributed by atoms with Crippen molar-refractivity contribution in [2.75, 3.05) is 20.2 Å². The molecule has 1 fully saturated rings. The zero-order chi connectivity index (χ0) is 14.6. The first-order valence-electron chi connectivity index (χ1n) is 6.88. The van der Waals surface area contributed by atoms with Crippen LogP contribution in [0.3, 0.4) is 0 Å². The molecule has 6 nitrogen and oxygen atoms in total. The van der Waals surface area contributed by atoms with Crippen molar-refractivity contribution in [3.63, 3.8) is 0 Å². The van der Waals surface area contributed by atoms with Crippen LogP contribution in [0.5, 0.6) is 0 Å². The predicted octanol–water partition coefficient (Wildman–Crippen LogP) is 1.15. The minimum absolute atomic E-state index is 0.183. The number of furan rings is 1. The van der Waals surface area contributed by atoms with Crippen molar-refractivity contribution >= 4 is 10.0 Å². The van der Waals surface area contributed by atoms with Gasteiger partial charge in [-0.3, -0.25) is 0 Å². The van der Waals surface area contributed by atoms with Crippen LogP contribution >= 0.6 is 0 Å². The largest absolute Gasteiger partial charge is 0.464 e. The molecule has 0 saturated carbocycles. The Kier molecular flexibility index (Phi) is 5.20. The monoisotopic (exact) mass is 302 g/mol. The lowest BCUT2D eigenvalue weighted by Gasteiger charge is -2.10. The van der Waals surface area contributed by atoms with E-state index >= 15 is 0 Å². The van der Waals surface area contributed by atoms with E-state index in [9.17, 15) is 8.42 Å². The van der Waals surface area contributed by atoms with Crippen LogP contribution in [-0.4, -0.2) is 34.7 Å². The average molecular weight is 302 g/mol. The molecular weight excluding hydrogens is 280 g/mol. The minimum Gasteiger partial charge on any atom is -0.464 e. The van der Waals surface area contributed by atoms with Crippen LogP contribution in [0.15, 0.2) is 15.4 Å². The molecule has 20 heavy (non-hydrogen) atoms. The van der Waals surface area contributed by atoms with Crippen molar-refractivity contribution in [1.82, 2.24) is 10.0 Å². The van der Waals surface area contributed by atoms with Gasteiger partial charge in [0.25, 0.3) is 0 Å². The second-order valence-electron chi connectivity index (χ2n) is 4.98. The third kappa shape index (κ3) is 3.82. The number of rotatable bonds is 7. The fourth-order valence-electron chi connectivity index (χ4n) is 2.36. The summed E-state index contributed by atoms with van der Waals surface area (Å²) in [6, 6.07) is 1.57. The maximum Gasteiger partial charge on any atom is 0.244 e. The van der Waals surface area contributed by atoms with Crippen LogP contribution in [0.1, 0.15) is 30.8 Å². The third-order valence-corrected chi connectivity index (χ3v) is 4.91. The van der Waals surface area contributed by atoms with E-state index in [1.54, 1.807) is 20.0 Å². The van der Waals surface area contributed by atoms with Crippen molar-refractivity contribution < 1.29 is 17.6 Å². The van der Waals surface area contributed by atoms with Gasteiger partial charge in [-0.1, -0.05) is 0 Å². The molecule has 1 aromatic heterocycles. The second kappa shape index (κ2) is 6.71. The van der Waals surface area contributed by atoms with Crippen LogP contribution in [0.4, 0.5) is 0 Å². The summed E-state index contributed by atoms with van der Waals surface area (Å²) < 4.78 is 37.9. The van der Waals surface area contributed by atoms with Crippen LogP contribution in [-0.2, 0) is 21.3 Å². The van der Waals surface area contributed by atoms with Gasteiger partial charge < -0.3 is 14.5 Å². The van der Waals surface area contributed by atoms with Gasteiger partial charge in [0.2, 0.25) is 10.0 Å². The van der Waals surface area contributed by atoms with E-state index < -0.39 is 10.0 Å². The Morgan fingerprint density at radius 3 is 2.90 bits per heavy atom. The van der Waals surface area contributed by atoms with Crippen molar-refractivity contribution in [2.24, 2.45) is 0 Å². The van der Waals surface area contributed by atoms with Gasteiger partial charge >= 0.3 is 0 Å². The summed E-state index contributed by atoms with van der Waals surface area (Å²) in [6.45, 7) is 3.34. The molecule has 114 valence electrons. The molecule has 2 heterocycles. The first-order chi connectivity index (χ1) is 9.53. The summed E-state index contributed by atoms with van der Waals surface area (Å²) in [7, 11) is -1.72. The highest BCUT2D eigenvalue weighted by Crippen LogP contribution is 2.20. The van der Waals surface area contributed by atoms with Gasteiger partial charge in [-0.15, -0.1) is 0 Å². The molecule has 0 amide bonds. The van der Waals surface area contributed by atoms with Gasteiger partial charge in [-0.2, -0.15) is 0 Å². The maximum atomic E-state index is 12.2. The van der Waals surface area contributed by atoms with Gasteiger partial charge in [0.05, 0.1) is 12.6 Å². The summed E-state index contributed by atoms with van der Waals surface area (Å²) >= 11 is 0. The summed E-state index contributed by atoms with van der Waals surface area (Å²) in [6.07, 6.45) is 2.96. The smallest absolute Gasteiger partial charge is 0.244 e. The Balaban J connectivity index is 1.94. The van der Waals surface area contributed by atoms with E-state index in [0.29, 0.717) is 31.0 Å². The number of hydrogen-bond acceptors (Lipinski definition) is 5. The highest BCUT2D eigenvalue weighted by Gasteiger charge is 2.22. The van der Waals surface area contributed by atoms with Crippen LogP contribution < -0.4 is 10.0 Å². The van der Waals surface area contributed by atoms with E-state index in [0.717, 1.165) is 19.4 Å². The van der Waals surface area contributed by atoms with Crippen molar-refractivity contribution in [3.8, 4) is 0 Å². The van der Waals surface area contributed by atoms with Crippen molar-refractivity contribution in [3.05, 3.63) is 17.6 Å². The maximum absolute atomic E-state index is 12.2.